The first-order valence-corrected chi connectivity index (χ1v) is 12.9. The minimum Gasteiger partial charge on any atom is -0.485 e. The standard InChI is InChI=1S/C30H35N3O3/c1-23(34)31-21-29(35)32-18-15-30(16-19-32)17-20-33(27-9-5-6-10-28(27)36-30)22-24-11-13-26(14-12-24)25-7-3-2-4-8-25/h2-14,23,31,34H,15-22H2,1H3. The van der Waals surface area contributed by atoms with E-state index in [1.54, 1.807) is 6.92 Å². The van der Waals surface area contributed by atoms with Crippen LogP contribution in [0.4, 0.5) is 5.69 Å². The lowest BCUT2D eigenvalue weighted by Crippen LogP contribution is -2.52. The highest BCUT2D eigenvalue weighted by Crippen LogP contribution is 2.41. The summed E-state index contributed by atoms with van der Waals surface area (Å²) in [6.45, 7) is 4.84. The molecule has 0 aromatic heterocycles. The molecule has 1 amide bonds. The Hall–Kier alpha value is -3.35. The summed E-state index contributed by atoms with van der Waals surface area (Å²) in [6, 6.07) is 27.6. The molecular weight excluding hydrogens is 450 g/mol. The van der Waals surface area contributed by atoms with E-state index in [0.717, 1.165) is 43.8 Å². The Balaban J connectivity index is 1.27. The van der Waals surface area contributed by atoms with Crippen molar-refractivity contribution in [2.45, 2.75) is 44.6 Å². The van der Waals surface area contributed by atoms with Crippen molar-refractivity contribution in [2.24, 2.45) is 0 Å². The van der Waals surface area contributed by atoms with Crippen molar-refractivity contribution in [2.75, 3.05) is 31.1 Å². The zero-order valence-corrected chi connectivity index (χ0v) is 20.9. The molecule has 0 aliphatic carbocycles. The van der Waals surface area contributed by atoms with Gasteiger partial charge in [-0.15, -0.1) is 0 Å². The van der Waals surface area contributed by atoms with E-state index in [1.807, 2.05) is 17.0 Å². The number of aliphatic hydroxyl groups is 1. The molecule has 1 atom stereocenters. The number of carbonyl (C=O) groups excluding carboxylic acids is 1. The molecule has 0 radical (unpaired) electrons. The molecule has 5 rings (SSSR count). The minimum atomic E-state index is -0.688. The van der Waals surface area contributed by atoms with Gasteiger partial charge in [0.15, 0.2) is 0 Å². The number of fused-ring (bicyclic) bond motifs is 1. The molecule has 1 spiro atoms. The van der Waals surface area contributed by atoms with Crippen LogP contribution in [0.2, 0.25) is 0 Å². The number of aliphatic hydroxyl groups excluding tert-OH is 1. The Morgan fingerprint density at radius 2 is 1.56 bits per heavy atom. The van der Waals surface area contributed by atoms with Crippen LogP contribution in [-0.2, 0) is 11.3 Å². The van der Waals surface area contributed by atoms with E-state index in [1.165, 1.54) is 16.7 Å². The van der Waals surface area contributed by atoms with E-state index in [0.29, 0.717) is 13.1 Å². The van der Waals surface area contributed by atoms with E-state index in [2.05, 4.69) is 76.9 Å². The molecule has 1 unspecified atom stereocenters. The lowest BCUT2D eigenvalue weighted by molar-refractivity contribution is -0.134. The normalized spacial score (nSPS) is 17.7. The van der Waals surface area contributed by atoms with Gasteiger partial charge in [-0.1, -0.05) is 66.7 Å². The number of anilines is 1. The summed E-state index contributed by atoms with van der Waals surface area (Å²) < 4.78 is 6.72. The second-order valence-electron chi connectivity index (χ2n) is 9.92. The molecule has 36 heavy (non-hydrogen) atoms. The van der Waals surface area contributed by atoms with Crippen molar-refractivity contribution in [3.05, 3.63) is 84.4 Å². The molecule has 3 aromatic rings. The third kappa shape index (κ3) is 5.55. The number of benzene rings is 3. The van der Waals surface area contributed by atoms with Crippen LogP contribution in [0.25, 0.3) is 11.1 Å². The zero-order valence-electron chi connectivity index (χ0n) is 20.9. The number of ether oxygens (including phenoxy) is 1. The van der Waals surface area contributed by atoms with Crippen molar-refractivity contribution < 1.29 is 14.6 Å². The summed E-state index contributed by atoms with van der Waals surface area (Å²) in [6.07, 6.45) is 1.84. The summed E-state index contributed by atoms with van der Waals surface area (Å²) >= 11 is 0. The number of piperidine rings is 1. The smallest absolute Gasteiger partial charge is 0.236 e. The van der Waals surface area contributed by atoms with Crippen molar-refractivity contribution >= 4 is 11.6 Å². The first kappa shape index (κ1) is 24.3. The zero-order chi connectivity index (χ0) is 25.0. The first-order valence-electron chi connectivity index (χ1n) is 12.9. The average molecular weight is 486 g/mol. The maximum absolute atomic E-state index is 12.5. The number of likely N-dealkylation sites (tertiary alicyclic amines) is 1. The Bertz CT molecular complexity index is 1160. The molecule has 1 saturated heterocycles. The van der Waals surface area contributed by atoms with Gasteiger partial charge in [-0.3, -0.25) is 10.1 Å². The summed E-state index contributed by atoms with van der Waals surface area (Å²) in [4.78, 5) is 16.8. The Kier molecular flexibility index (Phi) is 7.25. The third-order valence-corrected chi connectivity index (χ3v) is 7.38. The number of rotatable bonds is 6. The molecule has 2 aliphatic rings. The Morgan fingerprint density at radius 1 is 0.917 bits per heavy atom. The van der Waals surface area contributed by atoms with Crippen LogP contribution >= 0.6 is 0 Å². The Labute approximate surface area is 213 Å². The fourth-order valence-corrected chi connectivity index (χ4v) is 5.23. The maximum atomic E-state index is 12.5. The van der Waals surface area contributed by atoms with Gasteiger partial charge in [0.1, 0.15) is 17.6 Å². The van der Waals surface area contributed by atoms with Crippen molar-refractivity contribution in [3.8, 4) is 16.9 Å². The molecule has 2 aliphatic heterocycles. The van der Waals surface area contributed by atoms with Gasteiger partial charge >= 0.3 is 0 Å². The molecule has 0 saturated carbocycles. The van der Waals surface area contributed by atoms with E-state index in [-0.39, 0.29) is 18.1 Å². The van der Waals surface area contributed by atoms with Gasteiger partial charge in [0.2, 0.25) is 5.91 Å². The molecule has 6 nitrogen and oxygen atoms in total. The highest BCUT2D eigenvalue weighted by molar-refractivity contribution is 5.78. The summed E-state index contributed by atoms with van der Waals surface area (Å²) in [5.74, 6) is 0.951. The van der Waals surface area contributed by atoms with Crippen LogP contribution in [0.3, 0.4) is 0 Å². The third-order valence-electron chi connectivity index (χ3n) is 7.38. The second-order valence-corrected chi connectivity index (χ2v) is 9.92. The van der Waals surface area contributed by atoms with Crippen LogP contribution in [0.1, 0.15) is 31.7 Å². The highest BCUT2D eigenvalue weighted by Gasteiger charge is 2.40. The van der Waals surface area contributed by atoms with Gasteiger partial charge in [0.05, 0.1) is 12.2 Å². The molecule has 0 bridgehead atoms. The van der Waals surface area contributed by atoms with Crippen molar-refractivity contribution in [1.82, 2.24) is 10.2 Å². The lowest BCUT2D eigenvalue weighted by Gasteiger charge is -2.41. The summed E-state index contributed by atoms with van der Waals surface area (Å²) in [7, 11) is 0. The number of hydrogen-bond donors (Lipinski definition) is 2. The van der Waals surface area contributed by atoms with Crippen molar-refractivity contribution in [1.29, 1.82) is 0 Å². The fourth-order valence-electron chi connectivity index (χ4n) is 5.23. The predicted molar refractivity (Wildman–Crippen MR) is 143 cm³/mol. The van der Waals surface area contributed by atoms with E-state index in [9.17, 15) is 9.90 Å². The summed E-state index contributed by atoms with van der Waals surface area (Å²) in [5.41, 5.74) is 4.58. The van der Waals surface area contributed by atoms with Crippen LogP contribution in [0.5, 0.6) is 5.75 Å². The second kappa shape index (κ2) is 10.7. The number of amides is 1. The van der Waals surface area contributed by atoms with Crippen molar-refractivity contribution in [3.63, 3.8) is 0 Å². The molecule has 3 aromatic carbocycles. The number of hydrogen-bond acceptors (Lipinski definition) is 5. The van der Waals surface area contributed by atoms with Gasteiger partial charge in [-0.2, -0.15) is 0 Å². The number of nitrogens with one attached hydrogen (secondary N) is 1. The Morgan fingerprint density at radius 3 is 2.28 bits per heavy atom. The minimum absolute atomic E-state index is 0.0281. The van der Waals surface area contributed by atoms with Gasteiger partial charge in [0, 0.05) is 45.4 Å². The van der Waals surface area contributed by atoms with Crippen LogP contribution in [-0.4, -0.2) is 53.9 Å². The maximum Gasteiger partial charge on any atom is 0.236 e. The van der Waals surface area contributed by atoms with Crippen LogP contribution in [0, 0.1) is 0 Å². The highest BCUT2D eigenvalue weighted by atomic mass is 16.5. The first-order chi connectivity index (χ1) is 17.5. The number of nitrogens with zero attached hydrogens (tertiary/aromatic N) is 2. The van der Waals surface area contributed by atoms with Crippen LogP contribution in [0.15, 0.2) is 78.9 Å². The van der Waals surface area contributed by atoms with E-state index < -0.39 is 6.23 Å². The van der Waals surface area contributed by atoms with E-state index in [4.69, 9.17) is 4.74 Å². The number of carbonyl (C=O) groups is 1. The molecule has 188 valence electrons. The molecule has 6 heteroatoms. The predicted octanol–water partition coefficient (Wildman–Crippen LogP) is 4.43. The molecular formula is C30H35N3O3. The lowest BCUT2D eigenvalue weighted by atomic mass is 9.87. The molecule has 2 heterocycles. The topological polar surface area (TPSA) is 65.0 Å². The van der Waals surface area contributed by atoms with Gasteiger partial charge in [-0.25, -0.2) is 0 Å². The average Bonchev–Trinajstić information content (AvgIpc) is 3.05. The monoisotopic (exact) mass is 485 g/mol. The SMILES string of the molecule is CC(O)NCC(=O)N1CCC2(CC1)CCN(Cc1ccc(-c3ccccc3)cc1)c1ccccc1O2. The van der Waals surface area contributed by atoms with Crippen LogP contribution < -0.4 is 15.0 Å². The van der Waals surface area contributed by atoms with Gasteiger partial charge in [0.25, 0.3) is 0 Å². The largest absolute Gasteiger partial charge is 0.485 e. The summed E-state index contributed by atoms with van der Waals surface area (Å²) in [5, 5.41) is 12.2. The quantitative estimate of drug-likeness (QED) is 0.506. The fraction of sp³-hybridized carbons (Fsp3) is 0.367. The molecule has 1 fully saturated rings. The van der Waals surface area contributed by atoms with Gasteiger partial charge < -0.3 is 19.6 Å². The molecule has 2 N–H and O–H groups in total. The van der Waals surface area contributed by atoms with E-state index >= 15 is 0 Å². The number of para-hydroxylation sites is 2. The van der Waals surface area contributed by atoms with Gasteiger partial charge in [-0.05, 0) is 35.7 Å².